The van der Waals surface area contributed by atoms with E-state index in [-0.39, 0.29) is 35.5 Å². The minimum atomic E-state index is -0.347. The molecule has 0 amide bonds. The van der Waals surface area contributed by atoms with Gasteiger partial charge >= 0.3 is 0 Å². The first kappa shape index (κ1) is 24.9. The highest BCUT2D eigenvalue weighted by molar-refractivity contribution is 14.0. The Morgan fingerprint density at radius 2 is 2.25 bits per heavy atom. The van der Waals surface area contributed by atoms with Crippen LogP contribution >= 0.6 is 24.0 Å². The highest BCUT2D eigenvalue weighted by Crippen LogP contribution is 2.18. The molecule has 1 saturated heterocycles. The van der Waals surface area contributed by atoms with E-state index in [1.807, 2.05) is 24.9 Å². The van der Waals surface area contributed by atoms with E-state index in [1.165, 1.54) is 13.2 Å². The highest BCUT2D eigenvalue weighted by Gasteiger charge is 2.23. The summed E-state index contributed by atoms with van der Waals surface area (Å²) in [6.45, 7) is 11.0. The second-order valence-corrected chi connectivity index (χ2v) is 7.03. The van der Waals surface area contributed by atoms with Crippen LogP contribution < -0.4 is 10.1 Å². The summed E-state index contributed by atoms with van der Waals surface area (Å²) in [5, 5.41) is 3.32. The number of nitrogens with one attached hydrogen (secondary N) is 1. The second-order valence-electron chi connectivity index (χ2n) is 7.03. The lowest BCUT2D eigenvalue weighted by Crippen LogP contribution is -2.49. The van der Waals surface area contributed by atoms with E-state index < -0.39 is 0 Å². The Morgan fingerprint density at radius 3 is 2.86 bits per heavy atom. The number of benzene rings is 1. The molecule has 0 radical (unpaired) electrons. The number of aliphatic imine (C=N–C) groups is 1. The fraction of sp³-hybridized carbons (Fsp3) is 0.650. The predicted octanol–water partition coefficient (Wildman–Crippen LogP) is 2.96. The Bertz CT molecular complexity index is 632. The lowest BCUT2D eigenvalue weighted by Gasteiger charge is -2.37. The van der Waals surface area contributed by atoms with Crippen molar-refractivity contribution in [3.63, 3.8) is 0 Å². The van der Waals surface area contributed by atoms with E-state index >= 15 is 0 Å². The van der Waals surface area contributed by atoms with Crippen molar-refractivity contribution in [2.75, 3.05) is 47.0 Å². The van der Waals surface area contributed by atoms with Crippen LogP contribution in [-0.4, -0.2) is 74.8 Å². The van der Waals surface area contributed by atoms with Gasteiger partial charge in [0, 0.05) is 38.8 Å². The molecule has 1 heterocycles. The molecule has 2 rings (SSSR count). The van der Waals surface area contributed by atoms with Crippen LogP contribution in [0.4, 0.5) is 4.39 Å². The number of nitrogens with zero attached hydrogens (tertiary/aromatic N) is 3. The van der Waals surface area contributed by atoms with Gasteiger partial charge < -0.3 is 19.7 Å². The van der Waals surface area contributed by atoms with Crippen molar-refractivity contribution in [2.24, 2.45) is 4.99 Å². The molecular formula is C20H34FIN4O2. The first-order valence-electron chi connectivity index (χ1n) is 9.61. The topological polar surface area (TPSA) is 49.3 Å². The zero-order valence-electron chi connectivity index (χ0n) is 17.6. The van der Waals surface area contributed by atoms with Gasteiger partial charge in [0.15, 0.2) is 17.5 Å². The lowest BCUT2D eigenvalue weighted by atomic mass is 10.2. The van der Waals surface area contributed by atoms with E-state index in [0.29, 0.717) is 25.2 Å². The summed E-state index contributed by atoms with van der Waals surface area (Å²) in [6, 6.07) is 5.79. The van der Waals surface area contributed by atoms with Gasteiger partial charge in [-0.1, -0.05) is 6.07 Å². The van der Waals surface area contributed by atoms with Crippen LogP contribution in [-0.2, 0) is 11.3 Å². The average Bonchev–Trinajstić information content (AvgIpc) is 2.65. The molecule has 1 N–H and O–H groups in total. The van der Waals surface area contributed by atoms with Gasteiger partial charge in [-0.25, -0.2) is 4.39 Å². The fourth-order valence-electron chi connectivity index (χ4n) is 3.34. The van der Waals surface area contributed by atoms with Crippen LogP contribution in [0.5, 0.6) is 5.75 Å². The monoisotopic (exact) mass is 508 g/mol. The summed E-state index contributed by atoms with van der Waals surface area (Å²) in [6.07, 6.45) is 0. The number of ether oxygens (including phenoxy) is 2. The Kier molecular flexibility index (Phi) is 11.1. The number of rotatable bonds is 7. The summed E-state index contributed by atoms with van der Waals surface area (Å²) in [5.41, 5.74) is 0.872. The molecule has 1 fully saturated rings. The molecule has 0 saturated carbocycles. The van der Waals surface area contributed by atoms with Crippen molar-refractivity contribution in [1.82, 2.24) is 15.1 Å². The third-order valence-corrected chi connectivity index (χ3v) is 4.82. The van der Waals surface area contributed by atoms with Crippen LogP contribution in [0.2, 0.25) is 0 Å². The Labute approximate surface area is 185 Å². The molecule has 6 nitrogen and oxygen atoms in total. The Hall–Kier alpha value is -1.13. The van der Waals surface area contributed by atoms with Gasteiger partial charge in [0.1, 0.15) is 0 Å². The van der Waals surface area contributed by atoms with Crippen LogP contribution in [0.25, 0.3) is 0 Å². The summed E-state index contributed by atoms with van der Waals surface area (Å²) >= 11 is 0. The quantitative estimate of drug-likeness (QED) is 0.349. The average molecular weight is 508 g/mol. The van der Waals surface area contributed by atoms with Crippen molar-refractivity contribution in [1.29, 1.82) is 0 Å². The highest BCUT2D eigenvalue weighted by atomic mass is 127. The molecule has 0 aliphatic carbocycles. The molecule has 0 aromatic heterocycles. The summed E-state index contributed by atoms with van der Waals surface area (Å²) in [5.74, 6) is 0.734. The van der Waals surface area contributed by atoms with Gasteiger partial charge in [0.2, 0.25) is 0 Å². The van der Waals surface area contributed by atoms with Crippen LogP contribution in [0, 0.1) is 5.82 Å². The predicted molar refractivity (Wildman–Crippen MR) is 122 cm³/mol. The number of guanidine groups is 1. The second kappa shape index (κ2) is 12.4. The molecular weight excluding hydrogens is 474 g/mol. The van der Waals surface area contributed by atoms with Gasteiger partial charge in [-0.05, 0) is 38.5 Å². The zero-order chi connectivity index (χ0) is 19.8. The minimum absolute atomic E-state index is 0. The SMILES string of the molecule is CCNC(=NCC(C)N1CCOCC1C)N(C)Cc1ccc(OC)c(F)c1.I. The number of morpholine rings is 1. The van der Waals surface area contributed by atoms with Crippen LogP contribution in [0.1, 0.15) is 26.3 Å². The third-order valence-electron chi connectivity index (χ3n) is 4.82. The first-order chi connectivity index (χ1) is 13.0. The Balaban J connectivity index is 0.00000392. The van der Waals surface area contributed by atoms with Crippen molar-refractivity contribution >= 4 is 29.9 Å². The van der Waals surface area contributed by atoms with Crippen molar-refractivity contribution in [3.8, 4) is 5.75 Å². The van der Waals surface area contributed by atoms with Gasteiger partial charge in [-0.2, -0.15) is 0 Å². The van der Waals surface area contributed by atoms with E-state index in [2.05, 4.69) is 24.1 Å². The van der Waals surface area contributed by atoms with Crippen LogP contribution in [0.15, 0.2) is 23.2 Å². The standard InChI is InChI=1S/C20H33FN4O2.HI/c1-6-22-20(23-12-15(2)25-9-10-27-14-16(25)3)24(4)13-17-7-8-19(26-5)18(21)11-17;/h7-8,11,15-16H,6,9-10,12-14H2,1-5H3,(H,22,23);1H. The number of hydrogen-bond donors (Lipinski definition) is 1. The van der Waals surface area contributed by atoms with E-state index in [9.17, 15) is 4.39 Å². The van der Waals surface area contributed by atoms with E-state index in [4.69, 9.17) is 14.5 Å². The molecule has 28 heavy (non-hydrogen) atoms. The maximum Gasteiger partial charge on any atom is 0.194 e. The molecule has 0 spiro atoms. The number of methoxy groups -OCH3 is 1. The number of hydrogen-bond acceptors (Lipinski definition) is 4. The van der Waals surface area contributed by atoms with Gasteiger partial charge in [-0.3, -0.25) is 9.89 Å². The van der Waals surface area contributed by atoms with Crippen molar-refractivity contribution in [2.45, 2.75) is 39.4 Å². The summed E-state index contributed by atoms with van der Waals surface area (Å²) in [7, 11) is 3.43. The molecule has 1 aliphatic heterocycles. The third kappa shape index (κ3) is 7.04. The first-order valence-corrected chi connectivity index (χ1v) is 9.61. The normalized spacial score (nSPS) is 18.9. The molecule has 8 heteroatoms. The molecule has 160 valence electrons. The maximum atomic E-state index is 13.9. The van der Waals surface area contributed by atoms with Gasteiger partial charge in [0.05, 0.1) is 26.9 Å². The molecule has 1 aliphatic rings. The maximum absolute atomic E-state index is 13.9. The van der Waals surface area contributed by atoms with E-state index in [0.717, 1.165) is 37.8 Å². The van der Waals surface area contributed by atoms with Crippen molar-refractivity contribution < 1.29 is 13.9 Å². The minimum Gasteiger partial charge on any atom is -0.494 e. The van der Waals surface area contributed by atoms with Gasteiger partial charge in [0.25, 0.3) is 0 Å². The smallest absolute Gasteiger partial charge is 0.194 e. The molecule has 2 unspecified atom stereocenters. The van der Waals surface area contributed by atoms with Crippen LogP contribution in [0.3, 0.4) is 0 Å². The lowest BCUT2D eigenvalue weighted by molar-refractivity contribution is -0.0166. The Morgan fingerprint density at radius 1 is 1.50 bits per heavy atom. The summed E-state index contributed by atoms with van der Waals surface area (Å²) in [4.78, 5) is 9.26. The summed E-state index contributed by atoms with van der Waals surface area (Å²) < 4.78 is 24.4. The largest absolute Gasteiger partial charge is 0.494 e. The van der Waals surface area contributed by atoms with Gasteiger partial charge in [-0.15, -0.1) is 24.0 Å². The fourth-order valence-corrected chi connectivity index (χ4v) is 3.34. The molecule has 1 aromatic carbocycles. The molecule has 0 bridgehead atoms. The zero-order valence-corrected chi connectivity index (χ0v) is 19.9. The van der Waals surface area contributed by atoms with E-state index in [1.54, 1.807) is 6.07 Å². The molecule has 1 aromatic rings. The molecule has 2 atom stereocenters. The number of halogens is 2. The van der Waals surface area contributed by atoms with Crippen molar-refractivity contribution in [3.05, 3.63) is 29.6 Å².